The fourth-order valence-electron chi connectivity index (χ4n) is 8.63. The molecule has 0 spiro atoms. The zero-order valence-electron chi connectivity index (χ0n) is 37.1. The van der Waals surface area contributed by atoms with Crippen molar-refractivity contribution in [1.82, 2.24) is 0 Å². The molecule has 4 nitrogen and oxygen atoms in total. The Bertz CT molecular complexity index is 1420. The largest absolute Gasteiger partial charge is 0.492 e. The first-order valence-electron chi connectivity index (χ1n) is 20.5. The Morgan fingerprint density at radius 1 is 0.604 bits per heavy atom. The molecule has 1 heterocycles. The van der Waals surface area contributed by atoms with Crippen LogP contribution in [-0.4, -0.2) is 13.2 Å². The highest BCUT2D eigenvalue weighted by Crippen LogP contribution is 2.60. The fraction of sp³-hybridized carbons (Fsp3) is 0.787. The number of hydrogen-bond acceptors (Lipinski definition) is 6. The molecule has 6 heteroatoms. The number of fused-ring (bicyclic) bond motifs is 1. The highest BCUT2D eigenvalue weighted by Gasteiger charge is 2.33. The molecule has 0 saturated carbocycles. The number of thioether (sulfide) groups is 2. The lowest BCUT2D eigenvalue weighted by molar-refractivity contribution is 0.141. The summed E-state index contributed by atoms with van der Waals surface area (Å²) < 4.78 is 14.5. The van der Waals surface area contributed by atoms with E-state index in [-0.39, 0.29) is 16.4 Å². The average molecular weight is 767 g/mol. The van der Waals surface area contributed by atoms with Crippen LogP contribution >= 0.6 is 23.5 Å². The maximum atomic E-state index is 9.85. The van der Waals surface area contributed by atoms with Gasteiger partial charge in [-0.05, 0) is 114 Å². The second-order valence-electron chi connectivity index (χ2n) is 21.8. The molecule has 1 aliphatic rings. The van der Waals surface area contributed by atoms with E-state index in [1.54, 1.807) is 0 Å². The SMILES string of the molecule is Cc1cc(OCC(CCC(C)CC(C)(C)C)C(C)CC(C)(C)C)c2c(c1OCC(CCC(C)CC(C)(C)C)C(C)CC(C)(C)C)SC(=C(C#N)C#N)S2. The summed E-state index contributed by atoms with van der Waals surface area (Å²) in [6, 6.07) is 6.42. The van der Waals surface area contributed by atoms with Gasteiger partial charge in [0.25, 0.3) is 0 Å². The zero-order chi connectivity index (χ0) is 40.5. The number of rotatable bonds is 18. The first kappa shape index (κ1) is 47.4. The fourth-order valence-corrected chi connectivity index (χ4v) is 11.2. The van der Waals surface area contributed by atoms with Crippen LogP contribution in [0, 0.1) is 86.8 Å². The molecule has 0 bridgehead atoms. The van der Waals surface area contributed by atoms with Crippen molar-refractivity contribution in [3.8, 4) is 23.6 Å². The van der Waals surface area contributed by atoms with E-state index < -0.39 is 0 Å². The van der Waals surface area contributed by atoms with Gasteiger partial charge in [0.05, 0.1) is 27.2 Å². The normalized spacial score (nSPS) is 17.2. The number of hydrogen-bond donors (Lipinski definition) is 0. The van der Waals surface area contributed by atoms with Crippen molar-refractivity contribution in [2.75, 3.05) is 13.2 Å². The minimum absolute atomic E-state index is 0.153. The molecule has 0 saturated heterocycles. The quantitative estimate of drug-likeness (QED) is 0.139. The van der Waals surface area contributed by atoms with Crippen molar-refractivity contribution < 1.29 is 9.47 Å². The van der Waals surface area contributed by atoms with Gasteiger partial charge in [0, 0.05) is 0 Å². The summed E-state index contributed by atoms with van der Waals surface area (Å²) in [5, 5.41) is 19.7. The van der Waals surface area contributed by atoms with Crippen molar-refractivity contribution >= 4 is 23.5 Å². The maximum absolute atomic E-state index is 9.85. The predicted molar refractivity (Wildman–Crippen MR) is 231 cm³/mol. The first-order chi connectivity index (χ1) is 24.2. The second kappa shape index (κ2) is 19.9. The van der Waals surface area contributed by atoms with E-state index in [0.29, 0.717) is 63.8 Å². The number of allylic oxidation sites excluding steroid dienone is 1. The van der Waals surface area contributed by atoms with Crippen molar-refractivity contribution in [3.05, 3.63) is 21.4 Å². The summed E-state index contributed by atoms with van der Waals surface area (Å²) >= 11 is 3.00. The monoisotopic (exact) mass is 767 g/mol. The van der Waals surface area contributed by atoms with Crippen molar-refractivity contribution in [2.45, 2.75) is 179 Å². The third-order valence-electron chi connectivity index (χ3n) is 10.5. The number of nitrogens with zero attached hydrogens (tertiary/aromatic N) is 2. The lowest BCUT2D eigenvalue weighted by Crippen LogP contribution is -2.25. The Balaban J connectivity index is 2.46. The molecule has 0 amide bonds. The van der Waals surface area contributed by atoms with Crippen LogP contribution in [0.2, 0.25) is 0 Å². The van der Waals surface area contributed by atoms with Gasteiger partial charge in [-0.3, -0.25) is 0 Å². The van der Waals surface area contributed by atoms with Gasteiger partial charge in [-0.25, -0.2) is 0 Å². The standard InChI is InChI=1S/C47H78N2O2S2/c1-31(23-44(6,7)8)18-20-36(34(4)25-46(12,13)14)29-50-39-22-33(3)40(42-41(39)52-43(53-42)38(27-48)28-49)51-30-37(35(5)26-47(15,16)17)21-19-32(2)24-45(9,10)11/h22,31-32,34-37H,18-21,23-26,29-30H2,1-17H3. The molecule has 0 N–H and O–H groups in total. The van der Waals surface area contributed by atoms with Gasteiger partial charge in [0.1, 0.15) is 29.2 Å². The van der Waals surface area contributed by atoms with Crippen LogP contribution in [0.1, 0.15) is 168 Å². The van der Waals surface area contributed by atoms with E-state index in [9.17, 15) is 10.5 Å². The Morgan fingerprint density at radius 2 is 1.00 bits per heavy atom. The summed E-state index contributed by atoms with van der Waals surface area (Å²) in [5.74, 6) is 4.94. The minimum Gasteiger partial charge on any atom is -0.492 e. The molecule has 1 aromatic rings. The Morgan fingerprint density at radius 3 is 1.40 bits per heavy atom. The lowest BCUT2D eigenvalue weighted by atomic mass is 9.76. The molecule has 6 atom stereocenters. The van der Waals surface area contributed by atoms with E-state index in [0.717, 1.165) is 52.5 Å². The molecule has 53 heavy (non-hydrogen) atoms. The van der Waals surface area contributed by atoms with Crippen LogP contribution < -0.4 is 9.47 Å². The summed E-state index contributed by atoms with van der Waals surface area (Å²) in [5.41, 5.74) is 2.34. The molecule has 0 radical (unpaired) electrons. The average Bonchev–Trinajstić information content (AvgIpc) is 3.40. The molecule has 300 valence electrons. The van der Waals surface area contributed by atoms with Crippen LogP contribution in [0.25, 0.3) is 0 Å². The summed E-state index contributed by atoms with van der Waals surface area (Å²) in [6.07, 6.45) is 9.39. The predicted octanol–water partition coefficient (Wildman–Crippen LogP) is 15.3. The minimum atomic E-state index is 0.153. The first-order valence-corrected chi connectivity index (χ1v) is 22.2. The summed E-state index contributed by atoms with van der Waals surface area (Å²) in [4.78, 5) is 1.97. The third kappa shape index (κ3) is 17.3. The topological polar surface area (TPSA) is 66.0 Å². The Kier molecular flexibility index (Phi) is 17.8. The molecule has 0 aromatic heterocycles. The van der Waals surface area contributed by atoms with Crippen molar-refractivity contribution in [1.29, 1.82) is 10.5 Å². The van der Waals surface area contributed by atoms with Crippen LogP contribution in [0.3, 0.4) is 0 Å². The van der Waals surface area contributed by atoms with E-state index >= 15 is 0 Å². The highest BCUT2D eigenvalue weighted by atomic mass is 32.2. The molecule has 1 aromatic carbocycles. The second-order valence-corrected chi connectivity index (χ2v) is 24.1. The molecular formula is C47H78N2O2S2. The summed E-state index contributed by atoms with van der Waals surface area (Å²) in [7, 11) is 0. The number of aryl methyl sites for hydroxylation is 1. The van der Waals surface area contributed by atoms with Gasteiger partial charge in [-0.2, -0.15) is 10.5 Å². The molecule has 0 fully saturated rings. The van der Waals surface area contributed by atoms with Gasteiger partial charge >= 0.3 is 0 Å². The van der Waals surface area contributed by atoms with Crippen molar-refractivity contribution in [2.24, 2.45) is 57.2 Å². The van der Waals surface area contributed by atoms with E-state index in [4.69, 9.17) is 9.47 Å². The van der Waals surface area contributed by atoms with Gasteiger partial charge in [-0.15, -0.1) is 0 Å². The molecule has 0 aliphatic carbocycles. The molecule has 1 aliphatic heterocycles. The van der Waals surface area contributed by atoms with Crippen molar-refractivity contribution in [3.63, 3.8) is 0 Å². The van der Waals surface area contributed by atoms with Crippen LogP contribution in [0.4, 0.5) is 0 Å². The van der Waals surface area contributed by atoms with Crippen LogP contribution in [0.5, 0.6) is 11.5 Å². The van der Waals surface area contributed by atoms with Gasteiger partial charge in [0.15, 0.2) is 0 Å². The van der Waals surface area contributed by atoms with Gasteiger partial charge in [-0.1, -0.05) is 147 Å². The van der Waals surface area contributed by atoms with Crippen LogP contribution in [-0.2, 0) is 0 Å². The highest BCUT2D eigenvalue weighted by molar-refractivity contribution is 8.24. The zero-order valence-corrected chi connectivity index (χ0v) is 38.8. The lowest BCUT2D eigenvalue weighted by Gasteiger charge is -2.32. The Labute approximate surface area is 336 Å². The maximum Gasteiger partial charge on any atom is 0.150 e. The number of ether oxygens (including phenoxy) is 2. The molecular weight excluding hydrogens is 689 g/mol. The van der Waals surface area contributed by atoms with Crippen LogP contribution in [0.15, 0.2) is 25.7 Å². The van der Waals surface area contributed by atoms with Gasteiger partial charge < -0.3 is 9.47 Å². The smallest absolute Gasteiger partial charge is 0.150 e. The summed E-state index contributed by atoms with van der Waals surface area (Å²) in [6.45, 7) is 41.1. The Hall–Kier alpha value is -1.76. The third-order valence-corrected chi connectivity index (χ3v) is 13.1. The number of nitriles is 2. The molecule has 6 unspecified atom stereocenters. The van der Waals surface area contributed by atoms with E-state index in [1.165, 1.54) is 49.2 Å². The number of benzene rings is 1. The van der Waals surface area contributed by atoms with Gasteiger partial charge in [0.2, 0.25) is 0 Å². The molecule has 2 rings (SSSR count). The van der Waals surface area contributed by atoms with E-state index in [2.05, 4.69) is 136 Å². The van der Waals surface area contributed by atoms with E-state index in [1.807, 2.05) is 0 Å².